The van der Waals surface area contributed by atoms with E-state index < -0.39 is 5.54 Å². The lowest BCUT2D eigenvalue weighted by Gasteiger charge is -2.34. The summed E-state index contributed by atoms with van der Waals surface area (Å²) >= 11 is 0. The summed E-state index contributed by atoms with van der Waals surface area (Å²) in [4.78, 5) is 15.0. The fourth-order valence-electron chi connectivity index (χ4n) is 3.17. The Morgan fingerprint density at radius 1 is 1.38 bits per heavy atom. The lowest BCUT2D eigenvalue weighted by Crippen LogP contribution is -2.54. The highest BCUT2D eigenvalue weighted by atomic mass is 35.5. The van der Waals surface area contributed by atoms with Gasteiger partial charge in [0.25, 0.3) is 0 Å². The maximum Gasteiger partial charge on any atom is 0.244 e. The highest BCUT2D eigenvalue weighted by molar-refractivity contribution is 5.87. The quantitative estimate of drug-likeness (QED) is 0.831. The van der Waals surface area contributed by atoms with Crippen LogP contribution in [0.5, 0.6) is 0 Å². The third kappa shape index (κ3) is 6.25. The molecule has 0 aliphatic carbocycles. The van der Waals surface area contributed by atoms with Crippen LogP contribution in [-0.4, -0.2) is 36.5 Å². The molecule has 1 heterocycles. The Labute approximate surface area is 158 Å². The molecule has 1 aliphatic heterocycles. The van der Waals surface area contributed by atoms with Crippen molar-refractivity contribution < 1.29 is 4.79 Å². The summed E-state index contributed by atoms with van der Waals surface area (Å²) in [5.74, 6) is 0.636. The number of amides is 1. The van der Waals surface area contributed by atoms with E-state index >= 15 is 0 Å². The van der Waals surface area contributed by atoms with Crippen LogP contribution in [0.4, 0.5) is 0 Å². The Hall–Kier alpha value is -0.810. The van der Waals surface area contributed by atoms with Gasteiger partial charge < -0.3 is 16.0 Å². The Balaban J connectivity index is 0.00000264. The molecule has 6 heteroatoms. The maximum absolute atomic E-state index is 12.5. The normalized spacial score (nSPS) is 21.6. The van der Waals surface area contributed by atoms with Gasteiger partial charge >= 0.3 is 0 Å². The minimum absolute atomic E-state index is 0. The molecule has 0 aromatic heterocycles. The molecule has 1 aliphatic rings. The summed E-state index contributed by atoms with van der Waals surface area (Å²) in [5.41, 5.74) is 6.10. The third-order valence-electron chi connectivity index (χ3n) is 4.50. The minimum Gasteiger partial charge on any atom is -0.350 e. The summed E-state index contributed by atoms with van der Waals surface area (Å²) in [5, 5.41) is 3.08. The molecule has 4 nitrogen and oxygen atoms in total. The second-order valence-corrected chi connectivity index (χ2v) is 6.95. The lowest BCUT2D eigenvalue weighted by molar-refractivity contribution is -0.126. The number of hydrogen-bond donors (Lipinski definition) is 2. The predicted octanol–water partition coefficient (Wildman–Crippen LogP) is 2.94. The largest absolute Gasteiger partial charge is 0.350 e. The maximum atomic E-state index is 12.5. The number of nitrogens with zero attached hydrogens (tertiary/aromatic N) is 1. The molecule has 0 saturated carbocycles. The van der Waals surface area contributed by atoms with Crippen molar-refractivity contribution in [3.8, 4) is 0 Å². The average molecular weight is 376 g/mol. The van der Waals surface area contributed by atoms with Gasteiger partial charge in [0, 0.05) is 19.1 Å². The second-order valence-electron chi connectivity index (χ2n) is 6.95. The highest BCUT2D eigenvalue weighted by Crippen LogP contribution is 2.18. The van der Waals surface area contributed by atoms with E-state index in [1.165, 1.54) is 12.8 Å². The van der Waals surface area contributed by atoms with Crippen molar-refractivity contribution in [1.82, 2.24) is 10.2 Å². The van der Waals surface area contributed by atoms with Crippen LogP contribution in [0.3, 0.4) is 0 Å². The number of benzene rings is 1. The van der Waals surface area contributed by atoms with E-state index in [0.717, 1.165) is 31.1 Å². The number of carbonyl (C=O) groups is 1. The van der Waals surface area contributed by atoms with E-state index in [1.807, 2.05) is 30.3 Å². The van der Waals surface area contributed by atoms with Crippen LogP contribution in [0.2, 0.25) is 0 Å². The SMILES string of the molecule is CC1CCCN(CC(C)NC(=O)C(C)(N)c2ccccc2)C1.Cl.Cl. The van der Waals surface area contributed by atoms with Gasteiger partial charge in [0.15, 0.2) is 0 Å². The molecule has 138 valence electrons. The summed E-state index contributed by atoms with van der Waals surface area (Å²) in [6.45, 7) is 9.26. The van der Waals surface area contributed by atoms with Crippen LogP contribution >= 0.6 is 24.8 Å². The predicted molar refractivity (Wildman–Crippen MR) is 105 cm³/mol. The van der Waals surface area contributed by atoms with Gasteiger partial charge in [0.05, 0.1) is 0 Å². The number of halogens is 2. The molecule has 24 heavy (non-hydrogen) atoms. The molecular formula is C18H31Cl2N3O. The first-order chi connectivity index (χ1) is 10.4. The number of carbonyl (C=O) groups excluding carboxylic acids is 1. The molecule has 1 aromatic rings. The van der Waals surface area contributed by atoms with Crippen LogP contribution in [0, 0.1) is 5.92 Å². The third-order valence-corrected chi connectivity index (χ3v) is 4.50. The van der Waals surface area contributed by atoms with E-state index in [-0.39, 0.29) is 36.8 Å². The molecule has 1 saturated heterocycles. The van der Waals surface area contributed by atoms with Gasteiger partial charge in [0.2, 0.25) is 5.91 Å². The highest BCUT2D eigenvalue weighted by Gasteiger charge is 2.31. The van der Waals surface area contributed by atoms with Crippen molar-refractivity contribution in [1.29, 1.82) is 0 Å². The Kier molecular flexibility index (Phi) is 9.90. The van der Waals surface area contributed by atoms with Gasteiger partial charge in [-0.05, 0) is 44.7 Å². The summed E-state index contributed by atoms with van der Waals surface area (Å²) in [6.07, 6.45) is 2.56. The van der Waals surface area contributed by atoms with Crippen LogP contribution in [0.15, 0.2) is 30.3 Å². The van der Waals surface area contributed by atoms with Crippen molar-refractivity contribution in [3.05, 3.63) is 35.9 Å². The number of piperidine rings is 1. The molecule has 1 aromatic carbocycles. The summed E-state index contributed by atoms with van der Waals surface area (Å²) in [7, 11) is 0. The van der Waals surface area contributed by atoms with Crippen LogP contribution < -0.4 is 11.1 Å². The first-order valence-electron chi connectivity index (χ1n) is 8.27. The van der Waals surface area contributed by atoms with Gasteiger partial charge in [0.1, 0.15) is 5.54 Å². The molecular weight excluding hydrogens is 345 g/mol. The fourth-order valence-corrected chi connectivity index (χ4v) is 3.17. The van der Waals surface area contributed by atoms with E-state index in [0.29, 0.717) is 0 Å². The smallest absolute Gasteiger partial charge is 0.244 e. The van der Waals surface area contributed by atoms with Gasteiger partial charge in [-0.1, -0.05) is 37.3 Å². The van der Waals surface area contributed by atoms with Crippen LogP contribution in [-0.2, 0) is 10.3 Å². The molecule has 1 fully saturated rings. The van der Waals surface area contributed by atoms with Crippen molar-refractivity contribution in [2.45, 2.75) is 45.2 Å². The second kappa shape index (κ2) is 10.2. The van der Waals surface area contributed by atoms with Crippen molar-refractivity contribution in [2.24, 2.45) is 11.7 Å². The Morgan fingerprint density at radius 2 is 2.00 bits per heavy atom. The molecule has 0 radical (unpaired) electrons. The number of hydrogen-bond acceptors (Lipinski definition) is 3. The van der Waals surface area contributed by atoms with E-state index in [9.17, 15) is 4.79 Å². The molecule has 0 spiro atoms. The van der Waals surface area contributed by atoms with E-state index in [4.69, 9.17) is 5.73 Å². The number of likely N-dealkylation sites (tertiary alicyclic amines) is 1. The zero-order valence-electron chi connectivity index (χ0n) is 14.8. The lowest BCUT2D eigenvalue weighted by atomic mass is 9.92. The zero-order valence-corrected chi connectivity index (χ0v) is 16.5. The van der Waals surface area contributed by atoms with Crippen molar-refractivity contribution >= 4 is 30.7 Å². The molecule has 2 rings (SSSR count). The topological polar surface area (TPSA) is 58.4 Å². The number of rotatable bonds is 5. The summed E-state index contributed by atoms with van der Waals surface area (Å²) < 4.78 is 0. The van der Waals surface area contributed by atoms with Gasteiger partial charge in [-0.2, -0.15) is 0 Å². The van der Waals surface area contributed by atoms with Crippen LogP contribution in [0.1, 0.15) is 39.2 Å². The molecule has 0 bridgehead atoms. The Bertz CT molecular complexity index is 496. The van der Waals surface area contributed by atoms with Gasteiger partial charge in [-0.25, -0.2) is 0 Å². The zero-order chi connectivity index (χ0) is 16.2. The standard InChI is InChI=1S/C18H29N3O.2ClH/c1-14-8-7-11-21(12-14)13-15(2)20-17(22)18(3,19)16-9-5-4-6-10-16;;/h4-6,9-10,14-15H,7-8,11-13,19H2,1-3H3,(H,20,22);2*1H. The van der Waals surface area contributed by atoms with Gasteiger partial charge in [-0.15, -0.1) is 24.8 Å². The molecule has 3 N–H and O–H groups in total. The van der Waals surface area contributed by atoms with E-state index in [1.54, 1.807) is 6.92 Å². The fraction of sp³-hybridized carbons (Fsp3) is 0.611. The first-order valence-corrected chi connectivity index (χ1v) is 8.27. The molecule has 1 amide bonds. The Morgan fingerprint density at radius 3 is 2.58 bits per heavy atom. The molecule has 3 unspecified atom stereocenters. The monoisotopic (exact) mass is 375 g/mol. The minimum atomic E-state index is -0.995. The molecule has 3 atom stereocenters. The average Bonchev–Trinajstić information content (AvgIpc) is 2.48. The number of nitrogens with one attached hydrogen (secondary N) is 1. The van der Waals surface area contributed by atoms with Crippen molar-refractivity contribution in [2.75, 3.05) is 19.6 Å². The first kappa shape index (κ1) is 23.2. The van der Waals surface area contributed by atoms with Crippen molar-refractivity contribution in [3.63, 3.8) is 0 Å². The summed E-state index contributed by atoms with van der Waals surface area (Å²) in [6, 6.07) is 9.65. The van der Waals surface area contributed by atoms with Crippen LogP contribution in [0.25, 0.3) is 0 Å². The number of nitrogens with two attached hydrogens (primary N) is 1. The van der Waals surface area contributed by atoms with Gasteiger partial charge in [-0.3, -0.25) is 4.79 Å². The van der Waals surface area contributed by atoms with E-state index in [2.05, 4.69) is 24.1 Å².